The number of thioether (sulfide) groups is 1. The summed E-state index contributed by atoms with van der Waals surface area (Å²) in [5.74, 6) is 1.23. The molecule has 2 heteroatoms. The van der Waals surface area contributed by atoms with Gasteiger partial charge in [0.1, 0.15) is 0 Å². The molecule has 1 nitrogen and oxygen atoms in total. The van der Waals surface area contributed by atoms with Gasteiger partial charge in [0.15, 0.2) is 0 Å². The van der Waals surface area contributed by atoms with E-state index in [0.717, 1.165) is 6.42 Å². The van der Waals surface area contributed by atoms with Crippen LogP contribution in [0.5, 0.6) is 0 Å². The Labute approximate surface area is 104 Å². The molecule has 0 bridgehead atoms. The highest BCUT2D eigenvalue weighted by Crippen LogP contribution is 2.22. The molecular weight excluding hydrogens is 214 g/mol. The van der Waals surface area contributed by atoms with Crippen LogP contribution in [-0.2, 0) is 0 Å². The van der Waals surface area contributed by atoms with Gasteiger partial charge in [0, 0.05) is 10.9 Å². The third-order valence-electron chi connectivity index (χ3n) is 2.76. The fourth-order valence-electron chi connectivity index (χ4n) is 1.59. The van der Waals surface area contributed by atoms with E-state index in [1.54, 1.807) is 0 Å². The topological polar surface area (TPSA) is 26.0 Å². The van der Waals surface area contributed by atoms with E-state index in [0.29, 0.717) is 0 Å². The van der Waals surface area contributed by atoms with Gasteiger partial charge in [-0.2, -0.15) is 0 Å². The van der Waals surface area contributed by atoms with Crippen molar-refractivity contribution in [2.45, 2.75) is 50.5 Å². The largest absolute Gasteiger partial charge is 0.324 e. The van der Waals surface area contributed by atoms with Crippen LogP contribution < -0.4 is 5.73 Å². The minimum Gasteiger partial charge on any atom is -0.324 e. The molecule has 1 rings (SSSR count). The summed E-state index contributed by atoms with van der Waals surface area (Å²) in [5.41, 5.74) is 7.23. The standard InChI is InChI=1S/C14H23NS/c1-3-5-6-11-16-13-9-7-12(8-10-13)14(15)4-2/h7-10,14H,3-6,11,15H2,1-2H3/t14-/m0/s1. The molecule has 16 heavy (non-hydrogen) atoms. The van der Waals surface area contributed by atoms with E-state index in [1.165, 1.54) is 35.5 Å². The van der Waals surface area contributed by atoms with Crippen molar-refractivity contribution in [3.8, 4) is 0 Å². The van der Waals surface area contributed by atoms with E-state index in [9.17, 15) is 0 Å². The molecule has 0 aliphatic rings. The lowest BCUT2D eigenvalue weighted by atomic mass is 10.1. The zero-order valence-electron chi connectivity index (χ0n) is 10.4. The van der Waals surface area contributed by atoms with Gasteiger partial charge in [0.05, 0.1) is 0 Å². The normalized spacial score (nSPS) is 12.7. The summed E-state index contributed by atoms with van der Waals surface area (Å²) in [6, 6.07) is 8.91. The lowest BCUT2D eigenvalue weighted by Crippen LogP contribution is -2.07. The lowest BCUT2D eigenvalue weighted by Gasteiger charge is -2.09. The first-order valence-corrected chi connectivity index (χ1v) is 7.24. The number of benzene rings is 1. The van der Waals surface area contributed by atoms with Gasteiger partial charge in [-0.15, -0.1) is 11.8 Å². The number of nitrogens with two attached hydrogens (primary N) is 1. The second-order valence-electron chi connectivity index (χ2n) is 4.14. The first kappa shape index (κ1) is 13.6. The summed E-state index contributed by atoms with van der Waals surface area (Å²) in [6.45, 7) is 4.36. The Bertz CT molecular complexity index is 281. The zero-order chi connectivity index (χ0) is 11.8. The van der Waals surface area contributed by atoms with Gasteiger partial charge in [-0.3, -0.25) is 0 Å². The predicted molar refractivity (Wildman–Crippen MR) is 73.9 cm³/mol. The van der Waals surface area contributed by atoms with E-state index in [1.807, 2.05) is 11.8 Å². The third-order valence-corrected chi connectivity index (χ3v) is 3.86. The van der Waals surface area contributed by atoms with Gasteiger partial charge in [-0.25, -0.2) is 0 Å². The molecular formula is C14H23NS. The molecule has 0 aliphatic carbocycles. The molecule has 0 aliphatic heterocycles. The molecule has 0 heterocycles. The van der Waals surface area contributed by atoms with Crippen molar-refractivity contribution in [2.24, 2.45) is 5.73 Å². The van der Waals surface area contributed by atoms with Crippen LogP contribution in [0.15, 0.2) is 29.2 Å². The molecule has 0 aromatic heterocycles. The molecule has 0 fully saturated rings. The van der Waals surface area contributed by atoms with Crippen LogP contribution in [0.1, 0.15) is 51.1 Å². The molecule has 0 amide bonds. The summed E-state index contributed by atoms with van der Waals surface area (Å²) in [7, 11) is 0. The molecule has 1 atom stereocenters. The van der Waals surface area contributed by atoms with Gasteiger partial charge in [-0.05, 0) is 36.3 Å². The number of unbranched alkanes of at least 4 members (excludes halogenated alkanes) is 2. The van der Waals surface area contributed by atoms with Crippen LogP contribution in [0.3, 0.4) is 0 Å². The van der Waals surface area contributed by atoms with Crippen LogP contribution >= 0.6 is 11.8 Å². The quantitative estimate of drug-likeness (QED) is 0.562. The van der Waals surface area contributed by atoms with Gasteiger partial charge in [0.2, 0.25) is 0 Å². The molecule has 0 spiro atoms. The molecule has 2 N–H and O–H groups in total. The second-order valence-corrected chi connectivity index (χ2v) is 5.31. The average molecular weight is 237 g/mol. The summed E-state index contributed by atoms with van der Waals surface area (Å²) in [5, 5.41) is 0. The first-order valence-electron chi connectivity index (χ1n) is 6.26. The van der Waals surface area contributed by atoms with Crippen molar-refractivity contribution in [2.75, 3.05) is 5.75 Å². The Hall–Kier alpha value is -0.470. The average Bonchev–Trinajstić information content (AvgIpc) is 2.34. The summed E-state index contributed by atoms with van der Waals surface area (Å²) < 4.78 is 0. The van der Waals surface area contributed by atoms with Crippen molar-refractivity contribution >= 4 is 11.8 Å². The van der Waals surface area contributed by atoms with E-state index in [-0.39, 0.29) is 6.04 Å². The van der Waals surface area contributed by atoms with Gasteiger partial charge >= 0.3 is 0 Å². The Kier molecular flexibility index (Phi) is 6.58. The zero-order valence-corrected chi connectivity index (χ0v) is 11.2. The first-order chi connectivity index (χ1) is 7.77. The minimum atomic E-state index is 0.194. The maximum Gasteiger partial charge on any atom is 0.0292 e. The maximum atomic E-state index is 5.98. The molecule has 90 valence electrons. The summed E-state index contributed by atoms with van der Waals surface area (Å²) >= 11 is 1.95. The molecule has 0 unspecified atom stereocenters. The number of hydrogen-bond donors (Lipinski definition) is 1. The fraction of sp³-hybridized carbons (Fsp3) is 0.571. The smallest absolute Gasteiger partial charge is 0.0292 e. The van der Waals surface area contributed by atoms with Gasteiger partial charge in [0.25, 0.3) is 0 Å². The van der Waals surface area contributed by atoms with Crippen molar-refractivity contribution in [3.05, 3.63) is 29.8 Å². The van der Waals surface area contributed by atoms with Crippen LogP contribution in [0.25, 0.3) is 0 Å². The van der Waals surface area contributed by atoms with Crippen LogP contribution in [0.4, 0.5) is 0 Å². The van der Waals surface area contributed by atoms with E-state index in [4.69, 9.17) is 5.73 Å². The summed E-state index contributed by atoms with van der Waals surface area (Å²) in [6.07, 6.45) is 4.96. The molecule has 0 saturated carbocycles. The van der Waals surface area contributed by atoms with E-state index >= 15 is 0 Å². The highest BCUT2D eigenvalue weighted by atomic mass is 32.2. The molecule has 0 saturated heterocycles. The second kappa shape index (κ2) is 7.75. The highest BCUT2D eigenvalue weighted by molar-refractivity contribution is 7.99. The Morgan fingerprint density at radius 1 is 1.12 bits per heavy atom. The minimum absolute atomic E-state index is 0.194. The molecule has 1 aromatic rings. The van der Waals surface area contributed by atoms with E-state index < -0.39 is 0 Å². The number of hydrogen-bond acceptors (Lipinski definition) is 2. The monoisotopic (exact) mass is 237 g/mol. The Morgan fingerprint density at radius 2 is 1.81 bits per heavy atom. The van der Waals surface area contributed by atoms with Crippen LogP contribution in [0.2, 0.25) is 0 Å². The van der Waals surface area contributed by atoms with Crippen LogP contribution in [-0.4, -0.2) is 5.75 Å². The van der Waals surface area contributed by atoms with Gasteiger partial charge < -0.3 is 5.73 Å². The summed E-state index contributed by atoms with van der Waals surface area (Å²) in [4.78, 5) is 1.36. The van der Waals surface area contributed by atoms with Crippen molar-refractivity contribution in [1.82, 2.24) is 0 Å². The third kappa shape index (κ3) is 4.58. The van der Waals surface area contributed by atoms with E-state index in [2.05, 4.69) is 38.1 Å². The van der Waals surface area contributed by atoms with Crippen molar-refractivity contribution in [3.63, 3.8) is 0 Å². The lowest BCUT2D eigenvalue weighted by molar-refractivity contribution is 0.698. The molecule has 1 aromatic carbocycles. The highest BCUT2D eigenvalue weighted by Gasteiger charge is 2.02. The predicted octanol–water partition coefficient (Wildman–Crippen LogP) is 4.38. The Balaban J connectivity index is 2.39. The van der Waals surface area contributed by atoms with Gasteiger partial charge in [-0.1, -0.05) is 38.8 Å². The number of rotatable bonds is 7. The van der Waals surface area contributed by atoms with Crippen molar-refractivity contribution in [1.29, 1.82) is 0 Å². The molecule has 0 radical (unpaired) electrons. The Morgan fingerprint density at radius 3 is 2.38 bits per heavy atom. The fourth-order valence-corrected chi connectivity index (χ4v) is 2.50. The SMILES string of the molecule is CCCCCSc1ccc([C@@H](N)CC)cc1. The maximum absolute atomic E-state index is 5.98. The van der Waals surface area contributed by atoms with Crippen molar-refractivity contribution < 1.29 is 0 Å². The van der Waals surface area contributed by atoms with Crippen LogP contribution in [0, 0.1) is 0 Å².